The number of carbonyl (C=O) groups excluding carboxylic acids is 1. The molecule has 2 aromatic heterocycles. The van der Waals surface area contributed by atoms with Gasteiger partial charge in [0.25, 0.3) is 0 Å². The van der Waals surface area contributed by atoms with Gasteiger partial charge in [-0.15, -0.1) is 11.8 Å². The molecular weight excluding hydrogens is 551 g/mol. The lowest BCUT2D eigenvalue weighted by Crippen LogP contribution is -2.64. The second-order valence-corrected chi connectivity index (χ2v) is 12.6. The topological polar surface area (TPSA) is 101 Å². The highest BCUT2D eigenvalue weighted by Gasteiger charge is 2.47. The number of hydrogen-bond donors (Lipinski definition) is 4. The van der Waals surface area contributed by atoms with Gasteiger partial charge < -0.3 is 25.8 Å². The number of halogens is 1. The summed E-state index contributed by atoms with van der Waals surface area (Å²) in [5.41, 5.74) is 4.26. The van der Waals surface area contributed by atoms with E-state index >= 15 is 0 Å². The third-order valence-corrected chi connectivity index (χ3v) is 9.69. The summed E-state index contributed by atoms with van der Waals surface area (Å²) in [7, 11) is 2.18. The minimum absolute atomic E-state index is 0.0199. The number of anilines is 2. The third kappa shape index (κ3) is 5.41. The molecule has 9 nitrogen and oxygen atoms in total. The molecule has 2 atom stereocenters. The summed E-state index contributed by atoms with van der Waals surface area (Å²) in [5, 5.41) is 10.6. The number of aromatic amines is 1. The van der Waals surface area contributed by atoms with E-state index in [1.807, 2.05) is 31.5 Å². The molecule has 1 amide bonds. The van der Waals surface area contributed by atoms with Crippen molar-refractivity contribution in [2.24, 2.45) is 10.4 Å². The van der Waals surface area contributed by atoms with Gasteiger partial charge in [0.2, 0.25) is 5.91 Å². The van der Waals surface area contributed by atoms with E-state index in [-0.39, 0.29) is 17.8 Å². The van der Waals surface area contributed by atoms with Gasteiger partial charge in [-0.25, -0.2) is 14.4 Å². The Kier molecular flexibility index (Phi) is 7.99. The van der Waals surface area contributed by atoms with Gasteiger partial charge in [-0.2, -0.15) is 0 Å². The van der Waals surface area contributed by atoms with E-state index in [9.17, 15) is 9.18 Å². The molecule has 3 aromatic rings. The third-order valence-electron chi connectivity index (χ3n) is 8.94. The van der Waals surface area contributed by atoms with Crippen LogP contribution in [0.15, 0.2) is 52.1 Å². The van der Waals surface area contributed by atoms with Crippen LogP contribution in [-0.4, -0.2) is 83.7 Å². The summed E-state index contributed by atoms with van der Waals surface area (Å²) < 4.78 is 14.9. The van der Waals surface area contributed by atoms with Crippen molar-refractivity contribution in [1.29, 1.82) is 0 Å². The molecule has 1 spiro atoms. The van der Waals surface area contributed by atoms with Gasteiger partial charge in [-0.3, -0.25) is 9.69 Å². The molecule has 0 aliphatic carbocycles. The molecule has 2 unspecified atom stereocenters. The summed E-state index contributed by atoms with van der Waals surface area (Å²) in [6, 6.07) is 7.05. The number of nitrogens with zero attached hydrogens (tertiary/aromatic N) is 4. The fourth-order valence-corrected chi connectivity index (χ4v) is 6.94. The number of fused-ring (bicyclic) bond motifs is 1. The number of H-pyrrole nitrogens is 1. The summed E-state index contributed by atoms with van der Waals surface area (Å²) in [6.45, 7) is 8.29. The van der Waals surface area contributed by atoms with Crippen LogP contribution in [0, 0.1) is 11.2 Å². The maximum atomic E-state index is 14.9. The molecule has 4 N–H and O–H groups in total. The van der Waals surface area contributed by atoms with Crippen LogP contribution >= 0.6 is 11.8 Å². The SMILES string of the molecule is CCC(C(=O)Nc1nccc2c(C3=C(C)C=NC(Nc4cccc(SC)c4F)N3)c[nH]c12)N1CC2(CCN(C)CC2)C1. The van der Waals surface area contributed by atoms with Crippen molar-refractivity contribution in [1.82, 2.24) is 25.1 Å². The molecule has 1 aromatic carbocycles. The van der Waals surface area contributed by atoms with Crippen molar-refractivity contribution in [3.8, 4) is 0 Å². The molecule has 0 bridgehead atoms. The average Bonchev–Trinajstić information content (AvgIpc) is 3.41. The summed E-state index contributed by atoms with van der Waals surface area (Å²) >= 11 is 1.36. The number of likely N-dealkylation sites (tertiary alicyclic amines) is 2. The predicted octanol–water partition coefficient (Wildman–Crippen LogP) is 4.97. The van der Waals surface area contributed by atoms with Crippen LogP contribution in [0.25, 0.3) is 16.6 Å². The van der Waals surface area contributed by atoms with Crippen molar-refractivity contribution in [3.05, 3.63) is 53.6 Å². The number of piperidine rings is 1. The first-order chi connectivity index (χ1) is 20.3. The highest BCUT2D eigenvalue weighted by atomic mass is 32.2. The normalized spacial score (nSPS) is 21.3. The summed E-state index contributed by atoms with van der Waals surface area (Å²) in [5.74, 6) is 0.206. The first-order valence-electron chi connectivity index (χ1n) is 14.6. The Labute approximate surface area is 250 Å². The minimum atomic E-state index is -0.545. The van der Waals surface area contributed by atoms with Crippen molar-refractivity contribution in [3.63, 3.8) is 0 Å². The fourth-order valence-electron chi connectivity index (χ4n) is 6.44. The van der Waals surface area contributed by atoms with Crippen LogP contribution in [0.2, 0.25) is 0 Å². The molecule has 3 aliphatic heterocycles. The van der Waals surface area contributed by atoms with Crippen molar-refractivity contribution < 1.29 is 9.18 Å². The fraction of sp³-hybridized carbons (Fsp3) is 0.452. The van der Waals surface area contributed by atoms with Crippen molar-refractivity contribution >= 4 is 52.0 Å². The van der Waals surface area contributed by atoms with Crippen LogP contribution in [0.5, 0.6) is 0 Å². The van der Waals surface area contributed by atoms with E-state index in [1.165, 1.54) is 24.6 Å². The lowest BCUT2D eigenvalue weighted by atomic mass is 9.71. The Morgan fingerprint density at radius 1 is 1.26 bits per heavy atom. The van der Waals surface area contributed by atoms with E-state index in [0.29, 0.717) is 21.8 Å². The lowest BCUT2D eigenvalue weighted by molar-refractivity contribution is -0.130. The van der Waals surface area contributed by atoms with E-state index in [4.69, 9.17) is 0 Å². The van der Waals surface area contributed by atoms with Crippen LogP contribution in [-0.2, 0) is 4.79 Å². The molecule has 11 heteroatoms. The van der Waals surface area contributed by atoms with E-state index in [1.54, 1.807) is 24.5 Å². The molecular formula is C31H39FN8OS. The second-order valence-electron chi connectivity index (χ2n) is 11.8. The Morgan fingerprint density at radius 3 is 2.79 bits per heavy atom. The number of allylic oxidation sites excluding steroid dienone is 1. The maximum Gasteiger partial charge on any atom is 0.242 e. The average molecular weight is 591 g/mol. The van der Waals surface area contributed by atoms with E-state index < -0.39 is 6.29 Å². The van der Waals surface area contributed by atoms with Gasteiger partial charge in [-0.1, -0.05) is 13.0 Å². The number of pyridine rings is 1. The van der Waals surface area contributed by atoms with E-state index in [0.717, 1.165) is 60.3 Å². The number of benzene rings is 1. The second kappa shape index (κ2) is 11.7. The number of nitrogens with one attached hydrogen (secondary N) is 4. The molecule has 42 heavy (non-hydrogen) atoms. The number of aliphatic imine (C=N–C) groups is 1. The van der Waals surface area contributed by atoms with E-state index in [2.05, 4.69) is 54.7 Å². The first-order valence-corrected chi connectivity index (χ1v) is 15.8. The first kappa shape index (κ1) is 28.7. The van der Waals surface area contributed by atoms with Crippen molar-refractivity contribution in [2.75, 3.05) is 50.1 Å². The van der Waals surface area contributed by atoms with Crippen LogP contribution in [0.1, 0.15) is 38.7 Å². The molecule has 2 fully saturated rings. The zero-order valence-electron chi connectivity index (χ0n) is 24.6. The Hall–Kier alpha value is -3.41. The molecule has 222 valence electrons. The molecule has 6 rings (SSSR count). The number of thioether (sulfide) groups is 1. The molecule has 5 heterocycles. The number of carbonyl (C=O) groups is 1. The van der Waals surface area contributed by atoms with Gasteiger partial charge >= 0.3 is 0 Å². The largest absolute Gasteiger partial charge is 0.357 e. The Balaban J connectivity index is 1.17. The number of rotatable bonds is 8. The van der Waals surface area contributed by atoms with Crippen LogP contribution < -0.4 is 16.0 Å². The highest BCUT2D eigenvalue weighted by Crippen LogP contribution is 2.41. The number of hydrogen-bond acceptors (Lipinski definition) is 8. The maximum absolute atomic E-state index is 14.9. The monoisotopic (exact) mass is 590 g/mol. The minimum Gasteiger partial charge on any atom is -0.357 e. The quantitative estimate of drug-likeness (QED) is 0.275. The van der Waals surface area contributed by atoms with Gasteiger partial charge in [0.05, 0.1) is 22.9 Å². The molecule has 0 radical (unpaired) electrons. The van der Waals surface area contributed by atoms with Gasteiger partial charge in [0, 0.05) is 47.5 Å². The predicted molar refractivity (Wildman–Crippen MR) is 169 cm³/mol. The van der Waals surface area contributed by atoms with Crippen LogP contribution in [0.3, 0.4) is 0 Å². The number of aromatic nitrogens is 2. The van der Waals surface area contributed by atoms with Gasteiger partial charge in [0.15, 0.2) is 17.9 Å². The molecule has 2 saturated heterocycles. The zero-order chi connectivity index (χ0) is 29.4. The standard InChI is InChI=1S/C31H39FN8OS/c1-5-23(40-17-31(18-40)10-13-39(3)14-11-31)29(41)38-28-27-20(9-12-33-28)21(16-34-27)26-19(2)15-35-30(37-26)36-22-7-6-8-24(42-4)25(22)32/h6-9,12,15-16,23,30,34,36-37H,5,10-11,13-14,17-18H2,1-4H3,(H,33,38,41). The zero-order valence-corrected chi connectivity index (χ0v) is 25.4. The van der Waals surface area contributed by atoms with Gasteiger partial charge in [-0.05, 0) is 81.8 Å². The Morgan fingerprint density at radius 2 is 2.05 bits per heavy atom. The summed E-state index contributed by atoms with van der Waals surface area (Å²) in [6.07, 6.45) is 9.88. The van der Waals surface area contributed by atoms with Gasteiger partial charge in [0.1, 0.15) is 0 Å². The number of amides is 1. The lowest BCUT2D eigenvalue weighted by Gasteiger charge is -2.55. The molecule has 0 saturated carbocycles. The van der Waals surface area contributed by atoms with Crippen LogP contribution in [0.4, 0.5) is 15.9 Å². The highest BCUT2D eigenvalue weighted by molar-refractivity contribution is 7.98. The summed E-state index contributed by atoms with van der Waals surface area (Å²) in [4.78, 5) is 31.2. The van der Waals surface area contributed by atoms with Crippen molar-refractivity contribution in [2.45, 2.75) is 50.3 Å². The Bertz CT molecular complexity index is 1530. The smallest absolute Gasteiger partial charge is 0.242 e. The molecule has 3 aliphatic rings.